The van der Waals surface area contributed by atoms with E-state index in [1.54, 1.807) is 17.7 Å². The molecule has 0 amide bonds. The number of aromatic nitrogens is 5. The van der Waals surface area contributed by atoms with Crippen molar-refractivity contribution in [3.63, 3.8) is 0 Å². The fraction of sp³-hybridized carbons (Fsp3) is 0.316. The first kappa shape index (κ1) is 20.0. The third-order valence-electron chi connectivity index (χ3n) is 5.02. The van der Waals surface area contributed by atoms with Crippen LogP contribution in [0.5, 0.6) is 0 Å². The van der Waals surface area contributed by atoms with Gasteiger partial charge in [-0.05, 0) is 37.6 Å². The molecular formula is C19H18F3N5O3. The molecule has 0 spiro atoms. The molecule has 1 aromatic carbocycles. The molecule has 4 aromatic rings. The SMILES string of the molecule is Cc1cn2c3c(=O)n(CCCO)c(=O)n(C)c3nc2n1-c1ccc(C(F)(F)F)cc1. The lowest BCUT2D eigenvalue weighted by molar-refractivity contribution is -0.137. The molecule has 30 heavy (non-hydrogen) atoms. The maximum absolute atomic E-state index is 13.0. The van der Waals surface area contributed by atoms with Gasteiger partial charge < -0.3 is 5.11 Å². The van der Waals surface area contributed by atoms with Crippen LogP contribution < -0.4 is 11.2 Å². The second kappa shape index (κ2) is 6.87. The van der Waals surface area contributed by atoms with Gasteiger partial charge in [0.2, 0.25) is 5.78 Å². The Bertz CT molecular complexity index is 1370. The maximum Gasteiger partial charge on any atom is 0.416 e. The summed E-state index contributed by atoms with van der Waals surface area (Å²) in [5, 5.41) is 9.04. The lowest BCUT2D eigenvalue weighted by atomic mass is 10.2. The molecule has 4 rings (SSSR count). The fourth-order valence-corrected chi connectivity index (χ4v) is 3.56. The summed E-state index contributed by atoms with van der Waals surface area (Å²) in [6.07, 6.45) is -2.56. The van der Waals surface area contributed by atoms with Crippen molar-refractivity contribution in [1.82, 2.24) is 23.1 Å². The summed E-state index contributed by atoms with van der Waals surface area (Å²) in [5.74, 6) is 0.300. The number of benzene rings is 1. The number of fused-ring (bicyclic) bond motifs is 3. The largest absolute Gasteiger partial charge is 0.416 e. The van der Waals surface area contributed by atoms with Gasteiger partial charge in [0, 0.05) is 37.8 Å². The molecule has 0 saturated carbocycles. The van der Waals surface area contributed by atoms with E-state index in [1.165, 1.54) is 28.1 Å². The smallest absolute Gasteiger partial charge is 0.396 e. The van der Waals surface area contributed by atoms with E-state index in [0.29, 0.717) is 17.2 Å². The quantitative estimate of drug-likeness (QED) is 0.545. The Kier molecular flexibility index (Phi) is 4.57. The second-order valence-corrected chi connectivity index (χ2v) is 6.98. The summed E-state index contributed by atoms with van der Waals surface area (Å²) in [6, 6.07) is 4.61. The minimum Gasteiger partial charge on any atom is -0.396 e. The van der Waals surface area contributed by atoms with Gasteiger partial charge in [0.25, 0.3) is 5.56 Å². The van der Waals surface area contributed by atoms with E-state index < -0.39 is 23.0 Å². The molecule has 158 valence electrons. The Balaban J connectivity index is 1.98. The van der Waals surface area contributed by atoms with E-state index in [2.05, 4.69) is 4.98 Å². The zero-order valence-electron chi connectivity index (χ0n) is 16.1. The first-order valence-corrected chi connectivity index (χ1v) is 9.13. The van der Waals surface area contributed by atoms with Crippen molar-refractivity contribution in [2.75, 3.05) is 6.61 Å². The molecule has 0 aliphatic rings. The number of aryl methyl sites for hydroxylation is 2. The highest BCUT2D eigenvalue weighted by molar-refractivity contribution is 5.76. The molecule has 0 unspecified atom stereocenters. The lowest BCUT2D eigenvalue weighted by Crippen LogP contribution is -2.39. The molecule has 0 fully saturated rings. The highest BCUT2D eigenvalue weighted by Gasteiger charge is 2.30. The van der Waals surface area contributed by atoms with Crippen LogP contribution in [0.15, 0.2) is 40.1 Å². The van der Waals surface area contributed by atoms with Crippen molar-refractivity contribution in [3.8, 4) is 5.69 Å². The minimum atomic E-state index is -4.44. The van der Waals surface area contributed by atoms with E-state index in [-0.39, 0.29) is 30.7 Å². The number of aliphatic hydroxyl groups is 1. The van der Waals surface area contributed by atoms with Gasteiger partial charge in [-0.15, -0.1) is 0 Å². The topological polar surface area (TPSA) is 86.5 Å². The molecule has 8 nitrogen and oxygen atoms in total. The monoisotopic (exact) mass is 421 g/mol. The molecule has 0 bridgehead atoms. The Morgan fingerprint density at radius 1 is 1.13 bits per heavy atom. The number of rotatable bonds is 4. The highest BCUT2D eigenvalue weighted by atomic mass is 19.4. The standard InChI is InChI=1S/C19H18F3N5O3/c1-11-10-26-14-15(24(2)18(30)25(16(14)29)8-3-9-28)23-17(26)27(11)13-6-4-12(5-7-13)19(20,21)22/h4-7,10,28H,3,8-9H2,1-2H3. The molecule has 3 aromatic heterocycles. The van der Waals surface area contributed by atoms with Crippen molar-refractivity contribution in [2.45, 2.75) is 26.1 Å². The number of hydrogen-bond donors (Lipinski definition) is 1. The number of hydrogen-bond acceptors (Lipinski definition) is 4. The van der Waals surface area contributed by atoms with Gasteiger partial charge in [0.1, 0.15) is 0 Å². The average molecular weight is 421 g/mol. The number of halogens is 3. The van der Waals surface area contributed by atoms with Gasteiger partial charge in [-0.25, -0.2) is 4.79 Å². The molecule has 0 saturated heterocycles. The third kappa shape index (κ3) is 2.93. The predicted octanol–water partition coefficient (Wildman–Crippen LogP) is 1.85. The van der Waals surface area contributed by atoms with E-state index in [9.17, 15) is 22.8 Å². The van der Waals surface area contributed by atoms with Crippen LogP contribution in [0.2, 0.25) is 0 Å². The summed E-state index contributed by atoms with van der Waals surface area (Å²) in [6.45, 7) is 1.63. The van der Waals surface area contributed by atoms with E-state index in [0.717, 1.165) is 16.7 Å². The molecule has 0 atom stereocenters. The predicted molar refractivity (Wildman–Crippen MR) is 103 cm³/mol. The van der Waals surface area contributed by atoms with Crippen LogP contribution in [0.25, 0.3) is 22.6 Å². The number of imidazole rings is 2. The number of nitrogens with zero attached hydrogens (tertiary/aromatic N) is 5. The van der Waals surface area contributed by atoms with Gasteiger partial charge in [0.15, 0.2) is 11.2 Å². The van der Waals surface area contributed by atoms with Crippen LogP contribution in [0.3, 0.4) is 0 Å². The van der Waals surface area contributed by atoms with E-state index in [1.807, 2.05) is 0 Å². The molecule has 1 N–H and O–H groups in total. The summed E-state index contributed by atoms with van der Waals surface area (Å²) in [5.41, 5.74) is -0.432. The van der Waals surface area contributed by atoms with Crippen LogP contribution in [0, 0.1) is 6.92 Å². The summed E-state index contributed by atoms with van der Waals surface area (Å²) >= 11 is 0. The van der Waals surface area contributed by atoms with Crippen molar-refractivity contribution in [2.24, 2.45) is 7.05 Å². The fourth-order valence-electron chi connectivity index (χ4n) is 3.56. The Morgan fingerprint density at radius 3 is 2.40 bits per heavy atom. The first-order chi connectivity index (χ1) is 14.1. The minimum absolute atomic E-state index is 0.0593. The summed E-state index contributed by atoms with van der Waals surface area (Å²) in [4.78, 5) is 29.9. The molecule has 3 heterocycles. The van der Waals surface area contributed by atoms with Gasteiger partial charge in [0.05, 0.1) is 5.56 Å². The number of alkyl halides is 3. The van der Waals surface area contributed by atoms with Crippen molar-refractivity contribution in [3.05, 3.63) is 62.6 Å². The summed E-state index contributed by atoms with van der Waals surface area (Å²) < 4.78 is 44.1. The van der Waals surface area contributed by atoms with Crippen LogP contribution in [0.1, 0.15) is 17.7 Å². The highest BCUT2D eigenvalue weighted by Crippen LogP contribution is 2.30. The molecule has 0 radical (unpaired) electrons. The van der Waals surface area contributed by atoms with Gasteiger partial charge in [-0.3, -0.25) is 22.9 Å². The Morgan fingerprint density at radius 2 is 1.80 bits per heavy atom. The van der Waals surface area contributed by atoms with Crippen LogP contribution in [-0.4, -0.2) is 34.8 Å². The number of aliphatic hydroxyl groups excluding tert-OH is 1. The van der Waals surface area contributed by atoms with Crippen LogP contribution >= 0.6 is 0 Å². The zero-order chi connectivity index (χ0) is 21.8. The molecule has 0 aliphatic heterocycles. The second-order valence-electron chi connectivity index (χ2n) is 6.98. The van der Waals surface area contributed by atoms with Crippen LogP contribution in [0.4, 0.5) is 13.2 Å². The molecular weight excluding hydrogens is 403 g/mol. The van der Waals surface area contributed by atoms with Gasteiger partial charge in [-0.2, -0.15) is 18.2 Å². The maximum atomic E-state index is 13.0. The van der Waals surface area contributed by atoms with Gasteiger partial charge >= 0.3 is 11.9 Å². The van der Waals surface area contributed by atoms with Gasteiger partial charge in [-0.1, -0.05) is 0 Å². The zero-order valence-corrected chi connectivity index (χ0v) is 16.1. The Hall–Kier alpha value is -3.34. The lowest BCUT2D eigenvalue weighted by Gasteiger charge is -2.09. The molecule has 0 aliphatic carbocycles. The first-order valence-electron chi connectivity index (χ1n) is 9.13. The normalized spacial score (nSPS) is 12.3. The molecule has 11 heteroatoms. The summed E-state index contributed by atoms with van der Waals surface area (Å²) in [7, 11) is 1.49. The third-order valence-corrected chi connectivity index (χ3v) is 5.02. The average Bonchev–Trinajstić information content (AvgIpc) is 3.20. The Labute approximate surface area is 167 Å². The van der Waals surface area contributed by atoms with E-state index in [4.69, 9.17) is 5.11 Å². The van der Waals surface area contributed by atoms with Crippen molar-refractivity contribution in [1.29, 1.82) is 0 Å². The van der Waals surface area contributed by atoms with E-state index >= 15 is 0 Å². The van der Waals surface area contributed by atoms with Crippen molar-refractivity contribution >= 4 is 16.9 Å². The van der Waals surface area contributed by atoms with Crippen molar-refractivity contribution < 1.29 is 18.3 Å². The van der Waals surface area contributed by atoms with Crippen LogP contribution in [-0.2, 0) is 19.8 Å².